The molecule has 0 fully saturated rings. The van der Waals surface area contributed by atoms with E-state index in [4.69, 9.17) is 14.8 Å². The van der Waals surface area contributed by atoms with Crippen molar-refractivity contribution in [1.29, 1.82) is 0 Å². The van der Waals surface area contributed by atoms with E-state index < -0.39 is 27.1 Å². The molecule has 0 saturated carbocycles. The molecule has 0 amide bonds. The van der Waals surface area contributed by atoms with Gasteiger partial charge >= 0.3 is 29.6 Å². The van der Waals surface area contributed by atoms with E-state index in [-0.39, 0.29) is 36.2 Å². The topological polar surface area (TPSA) is 107 Å². The van der Waals surface area contributed by atoms with Gasteiger partial charge in [-0.15, -0.1) is 0 Å². The van der Waals surface area contributed by atoms with Crippen molar-refractivity contribution in [2.45, 2.75) is 37.8 Å². The molecule has 0 aliphatic rings. The summed E-state index contributed by atoms with van der Waals surface area (Å²) in [5.74, 6) is 0. The van der Waals surface area contributed by atoms with Gasteiger partial charge in [-0.05, 0) is 20.8 Å². The maximum absolute atomic E-state index is 10.8. The van der Waals surface area contributed by atoms with Crippen LogP contribution in [0.4, 0.5) is 0 Å². The second-order valence-electron chi connectivity index (χ2n) is 3.86. The third-order valence-electron chi connectivity index (χ3n) is 1.69. The first-order chi connectivity index (χ1) is 6.10. The second kappa shape index (κ2) is 6.51. The van der Waals surface area contributed by atoms with Gasteiger partial charge in [-0.2, -0.15) is 8.42 Å². The van der Waals surface area contributed by atoms with E-state index in [9.17, 15) is 8.42 Å². The van der Waals surface area contributed by atoms with Gasteiger partial charge < -0.3 is 10.2 Å². The average Bonchev–Trinajstić information content (AvgIpc) is 1.98. The molecule has 0 aliphatic carbocycles. The third kappa shape index (κ3) is 6.85. The Hall–Kier alpha value is 0.790. The van der Waals surface area contributed by atoms with Crippen LogP contribution in [-0.2, 0) is 10.1 Å². The molecular formula is C7H18NNaO5S. The molecule has 0 rings (SSSR count). The molecule has 2 unspecified atom stereocenters. The van der Waals surface area contributed by atoms with Crippen LogP contribution in [0.1, 0.15) is 20.8 Å². The molecular weight excluding hydrogens is 233 g/mol. The van der Waals surface area contributed by atoms with Gasteiger partial charge in [0.1, 0.15) is 0 Å². The SMILES string of the molecule is CC(O)C(NC(C)(C)CO)S(=O)(=O)O.[NaH]. The van der Waals surface area contributed by atoms with Gasteiger partial charge in [0.2, 0.25) is 0 Å². The van der Waals surface area contributed by atoms with Crippen molar-refractivity contribution in [1.82, 2.24) is 5.32 Å². The number of hydrogen-bond donors (Lipinski definition) is 4. The zero-order valence-electron chi connectivity index (χ0n) is 8.43. The number of nitrogens with one attached hydrogen (secondary N) is 1. The van der Waals surface area contributed by atoms with Gasteiger partial charge in [0.25, 0.3) is 10.1 Å². The van der Waals surface area contributed by atoms with Crippen LogP contribution >= 0.6 is 0 Å². The molecule has 0 spiro atoms. The van der Waals surface area contributed by atoms with Crippen molar-refractivity contribution < 1.29 is 23.2 Å². The molecule has 0 heterocycles. The molecule has 0 radical (unpaired) electrons. The Morgan fingerprint density at radius 3 is 2.00 bits per heavy atom. The van der Waals surface area contributed by atoms with Crippen LogP contribution in [0.5, 0.6) is 0 Å². The number of rotatable bonds is 5. The molecule has 0 aromatic rings. The molecule has 0 aromatic heterocycles. The van der Waals surface area contributed by atoms with Crippen LogP contribution in [0.3, 0.4) is 0 Å². The summed E-state index contributed by atoms with van der Waals surface area (Å²) in [6.07, 6.45) is -1.27. The molecule has 0 aliphatic heterocycles. The molecule has 0 saturated heterocycles. The number of hydrogen-bond acceptors (Lipinski definition) is 5. The summed E-state index contributed by atoms with van der Waals surface area (Å²) in [6.45, 7) is 4.02. The van der Waals surface area contributed by atoms with Crippen molar-refractivity contribution in [3.05, 3.63) is 0 Å². The second-order valence-corrected chi connectivity index (χ2v) is 5.40. The summed E-state index contributed by atoms with van der Waals surface area (Å²) in [6, 6.07) is 0. The van der Waals surface area contributed by atoms with Crippen molar-refractivity contribution in [2.75, 3.05) is 6.61 Å². The van der Waals surface area contributed by atoms with Crippen LogP contribution in [0, 0.1) is 0 Å². The Morgan fingerprint density at radius 1 is 1.40 bits per heavy atom. The van der Waals surface area contributed by atoms with Crippen LogP contribution in [0.2, 0.25) is 0 Å². The standard InChI is InChI=1S/C7H17NO5S.Na.H/c1-5(10)6(14(11,12)13)8-7(2,3)4-9;;/h5-6,8-10H,4H2,1-3H3,(H,11,12,13);;. The fourth-order valence-corrected chi connectivity index (χ4v) is 1.84. The average molecular weight is 251 g/mol. The van der Waals surface area contributed by atoms with Gasteiger partial charge in [0.15, 0.2) is 5.37 Å². The first kappa shape index (κ1) is 18.2. The predicted molar refractivity (Wildman–Crippen MR) is 58.5 cm³/mol. The van der Waals surface area contributed by atoms with Crippen molar-refractivity contribution in [3.63, 3.8) is 0 Å². The van der Waals surface area contributed by atoms with Crippen molar-refractivity contribution in [3.8, 4) is 0 Å². The Balaban J connectivity index is 0. The molecule has 0 aromatic carbocycles. The summed E-state index contributed by atoms with van der Waals surface area (Å²) in [4.78, 5) is 0. The van der Waals surface area contributed by atoms with Gasteiger partial charge in [-0.25, -0.2) is 0 Å². The normalized spacial score (nSPS) is 16.7. The monoisotopic (exact) mass is 251 g/mol. The van der Waals surface area contributed by atoms with Crippen LogP contribution in [0.25, 0.3) is 0 Å². The molecule has 8 heteroatoms. The Bertz CT molecular complexity index is 277. The summed E-state index contributed by atoms with van der Waals surface area (Å²) >= 11 is 0. The van der Waals surface area contributed by atoms with Gasteiger partial charge in [0, 0.05) is 5.54 Å². The molecule has 88 valence electrons. The Kier molecular flexibility index (Phi) is 7.88. The predicted octanol–water partition coefficient (Wildman–Crippen LogP) is -1.71. The van der Waals surface area contributed by atoms with E-state index in [1.807, 2.05) is 0 Å². The number of aliphatic hydroxyl groups excluding tert-OH is 2. The van der Waals surface area contributed by atoms with Gasteiger partial charge in [0.05, 0.1) is 12.7 Å². The molecule has 15 heavy (non-hydrogen) atoms. The van der Waals surface area contributed by atoms with E-state index in [0.717, 1.165) is 0 Å². The zero-order valence-corrected chi connectivity index (χ0v) is 9.24. The van der Waals surface area contributed by atoms with E-state index in [2.05, 4.69) is 5.32 Å². The van der Waals surface area contributed by atoms with Crippen LogP contribution in [0.15, 0.2) is 0 Å². The minimum absolute atomic E-state index is 0. The summed E-state index contributed by atoms with van der Waals surface area (Å²) in [5, 5.41) is 18.9. The maximum atomic E-state index is 10.8. The minimum atomic E-state index is -4.38. The summed E-state index contributed by atoms with van der Waals surface area (Å²) in [7, 11) is -4.38. The molecule has 4 N–H and O–H groups in total. The fourth-order valence-electron chi connectivity index (χ4n) is 0.875. The fraction of sp³-hybridized carbons (Fsp3) is 1.00. The van der Waals surface area contributed by atoms with Gasteiger partial charge in [-0.1, -0.05) is 0 Å². The molecule has 2 atom stereocenters. The first-order valence-corrected chi connectivity index (χ1v) is 5.63. The molecule has 6 nitrogen and oxygen atoms in total. The van der Waals surface area contributed by atoms with Crippen molar-refractivity contribution in [2.24, 2.45) is 0 Å². The zero-order chi connectivity index (χ0) is 11.6. The molecule has 0 bridgehead atoms. The van der Waals surface area contributed by atoms with E-state index in [1.54, 1.807) is 13.8 Å². The van der Waals surface area contributed by atoms with E-state index in [1.165, 1.54) is 6.92 Å². The van der Waals surface area contributed by atoms with Crippen molar-refractivity contribution >= 4 is 39.7 Å². The Labute approximate surface area is 112 Å². The summed E-state index contributed by atoms with van der Waals surface area (Å²) < 4.78 is 30.4. The van der Waals surface area contributed by atoms with Crippen LogP contribution < -0.4 is 5.32 Å². The Morgan fingerprint density at radius 2 is 1.80 bits per heavy atom. The van der Waals surface area contributed by atoms with E-state index in [0.29, 0.717) is 0 Å². The quantitative estimate of drug-likeness (QED) is 0.342. The van der Waals surface area contributed by atoms with E-state index >= 15 is 0 Å². The third-order valence-corrected chi connectivity index (χ3v) is 2.84. The number of aliphatic hydroxyl groups is 2. The first-order valence-electron chi connectivity index (χ1n) is 4.13. The summed E-state index contributed by atoms with van der Waals surface area (Å²) in [5.41, 5.74) is -0.891. The van der Waals surface area contributed by atoms with Crippen LogP contribution in [-0.4, -0.2) is 76.4 Å². The van der Waals surface area contributed by atoms with Gasteiger partial charge in [-0.3, -0.25) is 9.87 Å².